The Morgan fingerprint density at radius 1 is 0.769 bits per heavy atom. The van der Waals surface area contributed by atoms with E-state index < -0.39 is 0 Å². The van der Waals surface area contributed by atoms with E-state index in [9.17, 15) is 9.59 Å². The molecule has 5 aromatic rings. The van der Waals surface area contributed by atoms with Gasteiger partial charge in [0, 0.05) is 64.5 Å². The van der Waals surface area contributed by atoms with Gasteiger partial charge in [-0.2, -0.15) is 0 Å². The molecule has 0 aliphatic heterocycles. The third-order valence-corrected chi connectivity index (χ3v) is 6.86. The lowest BCUT2D eigenvalue weighted by Gasteiger charge is -2.21. The van der Waals surface area contributed by atoms with Crippen molar-refractivity contribution in [2.45, 2.75) is 6.54 Å². The predicted molar refractivity (Wildman–Crippen MR) is 152 cm³/mol. The summed E-state index contributed by atoms with van der Waals surface area (Å²) >= 11 is 0. The Hall–Kier alpha value is -4.98. The molecule has 39 heavy (non-hydrogen) atoms. The quantitative estimate of drug-likeness (QED) is 0.198. The third-order valence-electron chi connectivity index (χ3n) is 6.86. The van der Waals surface area contributed by atoms with Crippen LogP contribution < -0.4 is 14.2 Å². The van der Waals surface area contributed by atoms with E-state index in [1.165, 1.54) is 0 Å². The summed E-state index contributed by atoms with van der Waals surface area (Å²) < 4.78 is 16.1. The minimum absolute atomic E-state index is 0.268. The molecule has 2 heterocycles. The van der Waals surface area contributed by atoms with E-state index in [4.69, 9.17) is 14.2 Å². The van der Waals surface area contributed by atoms with Crippen LogP contribution in [0.25, 0.3) is 33.0 Å². The number of fused-ring (bicyclic) bond motifs is 2. The number of hydrogen-bond donors (Lipinski definition) is 2. The van der Waals surface area contributed by atoms with E-state index >= 15 is 0 Å². The highest BCUT2D eigenvalue weighted by Crippen LogP contribution is 2.37. The topological polar surface area (TPSA) is 96.6 Å². The number of benzene rings is 3. The molecule has 0 spiro atoms. The van der Waals surface area contributed by atoms with Gasteiger partial charge in [0.1, 0.15) is 17.2 Å². The first-order chi connectivity index (χ1) is 19.0. The minimum Gasteiger partial charge on any atom is -0.497 e. The first-order valence-corrected chi connectivity index (χ1v) is 12.4. The first kappa shape index (κ1) is 25.7. The maximum absolute atomic E-state index is 14.2. The van der Waals surface area contributed by atoms with Gasteiger partial charge in [0.2, 0.25) is 0 Å². The smallest absolute Gasteiger partial charge is 0.255 e. The highest BCUT2D eigenvalue weighted by Gasteiger charge is 2.26. The molecule has 2 aromatic heterocycles. The molecule has 0 aliphatic carbocycles. The van der Waals surface area contributed by atoms with Gasteiger partial charge in [-0.15, -0.1) is 0 Å². The molecule has 2 N–H and O–H groups in total. The molecule has 0 saturated heterocycles. The maximum Gasteiger partial charge on any atom is 0.255 e. The summed E-state index contributed by atoms with van der Waals surface area (Å²) in [7, 11) is 6.52. The van der Waals surface area contributed by atoms with Crippen molar-refractivity contribution < 1.29 is 23.8 Å². The molecule has 0 bridgehead atoms. The number of carbonyl (C=O) groups is 2. The number of amides is 1. The van der Waals surface area contributed by atoms with Crippen LogP contribution in [0.1, 0.15) is 16.7 Å². The van der Waals surface area contributed by atoms with Gasteiger partial charge >= 0.3 is 0 Å². The van der Waals surface area contributed by atoms with Crippen molar-refractivity contribution in [1.29, 1.82) is 0 Å². The Labute approximate surface area is 225 Å². The first-order valence-electron chi connectivity index (χ1n) is 12.4. The molecule has 3 aromatic carbocycles. The molecule has 0 aliphatic rings. The zero-order valence-corrected chi connectivity index (χ0v) is 22.2. The van der Waals surface area contributed by atoms with Gasteiger partial charge in [-0.3, -0.25) is 9.59 Å². The Morgan fingerprint density at radius 3 is 1.82 bits per heavy atom. The van der Waals surface area contributed by atoms with Gasteiger partial charge < -0.3 is 29.1 Å². The van der Waals surface area contributed by atoms with Crippen LogP contribution in [0, 0.1) is 0 Å². The molecule has 0 radical (unpaired) electrons. The number of aromatic amines is 2. The molecule has 0 saturated carbocycles. The molecule has 198 valence electrons. The largest absolute Gasteiger partial charge is 0.497 e. The summed E-state index contributed by atoms with van der Waals surface area (Å²) in [6, 6.07) is 18.7. The van der Waals surface area contributed by atoms with Crippen molar-refractivity contribution in [1.82, 2.24) is 14.9 Å². The van der Waals surface area contributed by atoms with Gasteiger partial charge in [0.05, 0.1) is 26.9 Å². The molecule has 0 atom stereocenters. The summed E-state index contributed by atoms with van der Waals surface area (Å²) in [5.41, 5.74) is 4.33. The van der Waals surface area contributed by atoms with Gasteiger partial charge in [-0.25, -0.2) is 0 Å². The summed E-state index contributed by atoms with van der Waals surface area (Å²) in [6.45, 7) is 0.339. The monoisotopic (exact) mass is 523 g/mol. The SMILES string of the molecule is COc1ccc(CN(C)C(=O)/C(=C(\C=O)c2c[nH]c3ccc(OC)cc23)c2c[nH]c3ccc(OC)cc23)cc1. The zero-order chi connectivity index (χ0) is 27.5. The molecule has 0 unspecified atom stereocenters. The Balaban J connectivity index is 1.70. The lowest BCUT2D eigenvalue weighted by molar-refractivity contribution is -0.124. The Morgan fingerprint density at radius 2 is 1.28 bits per heavy atom. The minimum atomic E-state index is -0.297. The van der Waals surface area contributed by atoms with E-state index in [0.717, 1.165) is 39.4 Å². The van der Waals surface area contributed by atoms with Crippen molar-refractivity contribution in [3.63, 3.8) is 0 Å². The van der Waals surface area contributed by atoms with Crippen LogP contribution in [0.4, 0.5) is 0 Å². The van der Waals surface area contributed by atoms with Crippen LogP contribution in [0.15, 0.2) is 73.1 Å². The summed E-state index contributed by atoms with van der Waals surface area (Å²) in [4.78, 5) is 35.1. The van der Waals surface area contributed by atoms with E-state index in [2.05, 4.69) is 9.97 Å². The average molecular weight is 524 g/mol. The van der Waals surface area contributed by atoms with Crippen molar-refractivity contribution in [2.75, 3.05) is 28.4 Å². The van der Waals surface area contributed by atoms with Crippen LogP contribution in [0.2, 0.25) is 0 Å². The molecule has 5 rings (SSSR count). The number of carbonyl (C=O) groups excluding carboxylic acids is 2. The van der Waals surface area contributed by atoms with Crippen LogP contribution in [0.5, 0.6) is 17.2 Å². The fourth-order valence-electron chi connectivity index (χ4n) is 4.78. The third kappa shape index (κ3) is 4.84. The standard InChI is InChI=1S/C31H29N3O5/c1-34(17-19-5-7-20(37-2)8-6-19)31(36)30(26-16-33-29-12-10-22(39-4)14-24(26)29)27(18-35)25-15-32-28-11-9-21(38-3)13-23(25)28/h5-16,18,32-33H,17H2,1-4H3/b30-27+. The zero-order valence-electron chi connectivity index (χ0n) is 22.2. The number of hydrogen-bond acceptors (Lipinski definition) is 5. The number of H-pyrrole nitrogens is 2. The lowest BCUT2D eigenvalue weighted by atomic mass is 9.93. The summed E-state index contributed by atoms with van der Waals surface area (Å²) in [5, 5.41) is 1.55. The number of rotatable bonds is 9. The number of ether oxygens (including phenoxy) is 3. The normalized spacial score (nSPS) is 11.8. The maximum atomic E-state index is 14.2. The number of allylic oxidation sites excluding steroid dienone is 1. The van der Waals surface area contributed by atoms with Crippen molar-refractivity contribution >= 4 is 45.1 Å². The number of methoxy groups -OCH3 is 3. The molecule has 8 heteroatoms. The van der Waals surface area contributed by atoms with Crippen molar-refractivity contribution in [2.24, 2.45) is 0 Å². The number of nitrogens with one attached hydrogen (secondary N) is 2. The summed E-state index contributed by atoms with van der Waals surface area (Å²) in [6.07, 6.45) is 4.26. The fourth-order valence-corrected chi connectivity index (χ4v) is 4.78. The van der Waals surface area contributed by atoms with Gasteiger partial charge in [-0.05, 0) is 54.1 Å². The van der Waals surface area contributed by atoms with Crippen LogP contribution in [-0.4, -0.2) is 55.4 Å². The number of nitrogens with zero attached hydrogens (tertiary/aromatic N) is 1. The van der Waals surface area contributed by atoms with Crippen LogP contribution >= 0.6 is 0 Å². The lowest BCUT2D eigenvalue weighted by Crippen LogP contribution is -2.28. The average Bonchev–Trinajstić information content (AvgIpc) is 3.59. The number of likely N-dealkylation sites (N-methyl/N-ethyl adjacent to an activating group) is 1. The van der Waals surface area contributed by atoms with E-state index in [-0.39, 0.29) is 17.1 Å². The molecular formula is C31H29N3O5. The number of aromatic nitrogens is 2. The molecule has 1 amide bonds. The van der Waals surface area contributed by atoms with Gasteiger partial charge in [-0.1, -0.05) is 12.1 Å². The fraction of sp³-hybridized carbons (Fsp3) is 0.161. The van der Waals surface area contributed by atoms with Gasteiger partial charge in [0.25, 0.3) is 5.91 Å². The highest BCUT2D eigenvalue weighted by molar-refractivity contribution is 6.38. The molecule has 8 nitrogen and oxygen atoms in total. The highest BCUT2D eigenvalue weighted by atomic mass is 16.5. The van der Waals surface area contributed by atoms with Crippen molar-refractivity contribution in [3.05, 3.63) is 89.7 Å². The van der Waals surface area contributed by atoms with E-state index in [1.807, 2.05) is 60.7 Å². The second kappa shape index (κ2) is 10.8. The predicted octanol–water partition coefficient (Wildman–Crippen LogP) is 5.44. The Bertz CT molecular complexity index is 1690. The van der Waals surface area contributed by atoms with E-state index in [0.29, 0.717) is 29.2 Å². The number of aldehydes is 1. The van der Waals surface area contributed by atoms with Crippen molar-refractivity contribution in [3.8, 4) is 17.2 Å². The Kier molecular flexibility index (Phi) is 7.10. The molecule has 0 fully saturated rings. The van der Waals surface area contributed by atoms with E-state index in [1.54, 1.807) is 45.7 Å². The second-order valence-corrected chi connectivity index (χ2v) is 9.14. The summed E-state index contributed by atoms with van der Waals surface area (Å²) in [5.74, 6) is 1.73. The van der Waals surface area contributed by atoms with Crippen LogP contribution in [-0.2, 0) is 16.1 Å². The van der Waals surface area contributed by atoms with Crippen LogP contribution in [0.3, 0.4) is 0 Å². The van der Waals surface area contributed by atoms with Gasteiger partial charge in [0.15, 0.2) is 6.29 Å². The second-order valence-electron chi connectivity index (χ2n) is 9.14. The molecular weight excluding hydrogens is 494 g/mol.